The van der Waals surface area contributed by atoms with Crippen molar-refractivity contribution in [2.24, 2.45) is 0 Å². The van der Waals surface area contributed by atoms with Crippen molar-refractivity contribution in [3.8, 4) is 5.75 Å². The first-order chi connectivity index (χ1) is 9.65. The SMILES string of the molecule is CCC(CC)(OC)C(=O)c1ccccc1OCCOC. The first-order valence-electron chi connectivity index (χ1n) is 6.95. The van der Waals surface area contributed by atoms with Gasteiger partial charge in [-0.1, -0.05) is 26.0 Å². The minimum absolute atomic E-state index is 0.0296. The van der Waals surface area contributed by atoms with Crippen LogP contribution in [0.5, 0.6) is 5.75 Å². The molecule has 4 nitrogen and oxygen atoms in total. The summed E-state index contributed by atoms with van der Waals surface area (Å²) in [5.74, 6) is 0.552. The number of para-hydroxylation sites is 1. The highest BCUT2D eigenvalue weighted by Crippen LogP contribution is 2.29. The Labute approximate surface area is 121 Å². The van der Waals surface area contributed by atoms with Gasteiger partial charge in [0.05, 0.1) is 12.2 Å². The Balaban J connectivity index is 3.02. The van der Waals surface area contributed by atoms with Crippen LogP contribution in [-0.4, -0.2) is 38.8 Å². The Morgan fingerprint density at radius 3 is 2.30 bits per heavy atom. The summed E-state index contributed by atoms with van der Waals surface area (Å²) in [6, 6.07) is 7.27. The van der Waals surface area contributed by atoms with Gasteiger partial charge in [-0.2, -0.15) is 0 Å². The van der Waals surface area contributed by atoms with Gasteiger partial charge in [-0.25, -0.2) is 0 Å². The maximum atomic E-state index is 12.8. The van der Waals surface area contributed by atoms with E-state index in [9.17, 15) is 4.79 Å². The van der Waals surface area contributed by atoms with E-state index in [1.165, 1.54) is 0 Å². The molecule has 0 aliphatic rings. The quantitative estimate of drug-likeness (QED) is 0.515. The third-order valence-corrected chi connectivity index (χ3v) is 3.62. The van der Waals surface area contributed by atoms with Crippen LogP contribution in [0.2, 0.25) is 0 Å². The molecule has 112 valence electrons. The van der Waals surface area contributed by atoms with Crippen LogP contribution >= 0.6 is 0 Å². The van der Waals surface area contributed by atoms with Gasteiger partial charge in [0.25, 0.3) is 0 Å². The number of ketones is 1. The van der Waals surface area contributed by atoms with Crippen LogP contribution in [0.15, 0.2) is 24.3 Å². The first kappa shape index (κ1) is 16.7. The number of hydrogen-bond donors (Lipinski definition) is 0. The van der Waals surface area contributed by atoms with Gasteiger partial charge in [-0.15, -0.1) is 0 Å². The summed E-state index contributed by atoms with van der Waals surface area (Å²) in [5.41, 5.74) is -0.213. The van der Waals surface area contributed by atoms with E-state index in [0.717, 1.165) is 0 Å². The molecule has 0 fully saturated rings. The maximum absolute atomic E-state index is 12.8. The number of Topliss-reactive ketones (excluding diaryl/α,β-unsaturated/α-hetero) is 1. The Morgan fingerprint density at radius 2 is 1.75 bits per heavy atom. The summed E-state index contributed by atoms with van der Waals surface area (Å²) in [7, 11) is 3.20. The van der Waals surface area contributed by atoms with E-state index in [4.69, 9.17) is 14.2 Å². The topological polar surface area (TPSA) is 44.8 Å². The summed E-state index contributed by atoms with van der Waals surface area (Å²) < 4.78 is 16.1. The molecular formula is C16H24O4. The van der Waals surface area contributed by atoms with Crippen molar-refractivity contribution in [1.82, 2.24) is 0 Å². The first-order valence-corrected chi connectivity index (χ1v) is 6.95. The number of carbonyl (C=O) groups excluding carboxylic acids is 1. The molecule has 0 N–H and O–H groups in total. The Kier molecular flexibility index (Phi) is 6.68. The average molecular weight is 280 g/mol. The molecule has 0 heterocycles. The van der Waals surface area contributed by atoms with Crippen LogP contribution in [-0.2, 0) is 9.47 Å². The zero-order valence-corrected chi connectivity index (χ0v) is 12.8. The highest BCUT2D eigenvalue weighted by molar-refractivity contribution is 6.04. The van der Waals surface area contributed by atoms with Crippen LogP contribution in [0, 0.1) is 0 Å². The molecule has 0 atom stereocenters. The molecule has 4 heteroatoms. The number of rotatable bonds is 9. The second-order valence-electron chi connectivity index (χ2n) is 4.57. The normalized spacial score (nSPS) is 11.4. The number of benzene rings is 1. The van der Waals surface area contributed by atoms with Gasteiger partial charge < -0.3 is 14.2 Å². The Morgan fingerprint density at radius 1 is 1.10 bits per heavy atom. The van der Waals surface area contributed by atoms with Gasteiger partial charge >= 0.3 is 0 Å². The van der Waals surface area contributed by atoms with E-state index < -0.39 is 5.60 Å². The van der Waals surface area contributed by atoms with Crippen LogP contribution < -0.4 is 4.74 Å². The molecule has 0 aliphatic carbocycles. The minimum Gasteiger partial charge on any atom is -0.490 e. The number of ether oxygens (including phenoxy) is 3. The lowest BCUT2D eigenvalue weighted by atomic mass is 9.87. The summed E-state index contributed by atoms with van der Waals surface area (Å²) >= 11 is 0. The predicted octanol–water partition coefficient (Wildman–Crippen LogP) is 3.10. The van der Waals surface area contributed by atoms with Gasteiger partial charge in [0.15, 0.2) is 5.78 Å². The highest BCUT2D eigenvalue weighted by Gasteiger charge is 2.36. The lowest BCUT2D eigenvalue weighted by molar-refractivity contribution is -0.00290. The van der Waals surface area contributed by atoms with Gasteiger partial charge in [0.2, 0.25) is 0 Å². The fraction of sp³-hybridized carbons (Fsp3) is 0.562. The minimum atomic E-state index is -0.777. The number of methoxy groups -OCH3 is 2. The van der Waals surface area contributed by atoms with Crippen LogP contribution in [0.1, 0.15) is 37.0 Å². The molecule has 0 aromatic heterocycles. The molecule has 1 aromatic rings. The molecule has 0 saturated heterocycles. The monoisotopic (exact) mass is 280 g/mol. The van der Waals surface area contributed by atoms with E-state index >= 15 is 0 Å². The second-order valence-corrected chi connectivity index (χ2v) is 4.57. The molecule has 0 aliphatic heterocycles. The van der Waals surface area contributed by atoms with Gasteiger partial charge in [-0.3, -0.25) is 4.79 Å². The standard InChI is InChI=1S/C16H24O4/c1-5-16(6-2,19-4)15(17)13-9-7-8-10-14(13)20-12-11-18-3/h7-10H,5-6,11-12H2,1-4H3. The van der Waals surface area contributed by atoms with Crippen molar-refractivity contribution in [3.05, 3.63) is 29.8 Å². The molecule has 1 rings (SSSR count). The Bertz CT molecular complexity index is 416. The van der Waals surface area contributed by atoms with Crippen molar-refractivity contribution >= 4 is 5.78 Å². The largest absolute Gasteiger partial charge is 0.490 e. The molecule has 0 amide bonds. The fourth-order valence-electron chi connectivity index (χ4n) is 2.21. The van der Waals surface area contributed by atoms with Gasteiger partial charge in [-0.05, 0) is 25.0 Å². The van der Waals surface area contributed by atoms with Crippen molar-refractivity contribution in [2.75, 3.05) is 27.4 Å². The third-order valence-electron chi connectivity index (χ3n) is 3.62. The Hall–Kier alpha value is -1.39. The van der Waals surface area contributed by atoms with E-state index in [0.29, 0.717) is 37.4 Å². The van der Waals surface area contributed by atoms with Crippen LogP contribution in [0.4, 0.5) is 0 Å². The van der Waals surface area contributed by atoms with Crippen molar-refractivity contribution in [2.45, 2.75) is 32.3 Å². The molecule has 0 saturated carbocycles. The van der Waals surface area contributed by atoms with Crippen molar-refractivity contribution < 1.29 is 19.0 Å². The predicted molar refractivity (Wildman–Crippen MR) is 78.5 cm³/mol. The van der Waals surface area contributed by atoms with Crippen molar-refractivity contribution in [1.29, 1.82) is 0 Å². The molecule has 0 unspecified atom stereocenters. The number of carbonyl (C=O) groups is 1. The van der Waals surface area contributed by atoms with Crippen molar-refractivity contribution in [3.63, 3.8) is 0 Å². The zero-order chi connectivity index (χ0) is 15.0. The second kappa shape index (κ2) is 8.02. The lowest BCUT2D eigenvalue weighted by Crippen LogP contribution is -2.39. The molecule has 20 heavy (non-hydrogen) atoms. The van der Waals surface area contributed by atoms with E-state index in [1.54, 1.807) is 26.4 Å². The highest BCUT2D eigenvalue weighted by atomic mass is 16.5. The van der Waals surface area contributed by atoms with E-state index in [-0.39, 0.29) is 5.78 Å². The summed E-state index contributed by atoms with van der Waals surface area (Å²) in [4.78, 5) is 12.8. The molecule has 0 spiro atoms. The third kappa shape index (κ3) is 3.58. The molecule has 0 radical (unpaired) electrons. The zero-order valence-electron chi connectivity index (χ0n) is 12.8. The summed E-state index contributed by atoms with van der Waals surface area (Å²) in [5, 5.41) is 0. The van der Waals surface area contributed by atoms with Crippen LogP contribution in [0.3, 0.4) is 0 Å². The maximum Gasteiger partial charge on any atom is 0.198 e. The fourth-order valence-corrected chi connectivity index (χ4v) is 2.21. The molecule has 0 bridgehead atoms. The van der Waals surface area contributed by atoms with E-state index in [1.807, 2.05) is 26.0 Å². The molecular weight excluding hydrogens is 256 g/mol. The lowest BCUT2D eigenvalue weighted by Gasteiger charge is -2.29. The number of hydrogen-bond acceptors (Lipinski definition) is 4. The average Bonchev–Trinajstić information content (AvgIpc) is 2.50. The molecule has 1 aromatic carbocycles. The van der Waals surface area contributed by atoms with Crippen LogP contribution in [0.25, 0.3) is 0 Å². The smallest absolute Gasteiger partial charge is 0.198 e. The van der Waals surface area contributed by atoms with Gasteiger partial charge in [0.1, 0.15) is 18.0 Å². The van der Waals surface area contributed by atoms with E-state index in [2.05, 4.69) is 0 Å². The van der Waals surface area contributed by atoms with Gasteiger partial charge in [0, 0.05) is 14.2 Å². The summed E-state index contributed by atoms with van der Waals surface area (Å²) in [6.45, 7) is 4.82. The summed E-state index contributed by atoms with van der Waals surface area (Å²) in [6.07, 6.45) is 1.26.